The fraction of sp³-hybridized carbons (Fsp3) is 0.706. The molecule has 1 heterocycles. The molecule has 0 aliphatic carbocycles. The van der Waals surface area contributed by atoms with Crippen molar-refractivity contribution >= 4 is 5.82 Å². The second kappa shape index (κ2) is 7.63. The van der Waals surface area contributed by atoms with Crippen molar-refractivity contribution in [3.8, 4) is 0 Å². The van der Waals surface area contributed by atoms with Crippen molar-refractivity contribution in [1.82, 2.24) is 4.98 Å². The van der Waals surface area contributed by atoms with Gasteiger partial charge in [0.05, 0.1) is 0 Å². The van der Waals surface area contributed by atoms with Crippen LogP contribution in [0.4, 0.5) is 5.82 Å². The molecular weight excluding hydrogens is 246 g/mol. The molecule has 0 spiro atoms. The van der Waals surface area contributed by atoms with Gasteiger partial charge in [0, 0.05) is 25.3 Å². The molecule has 3 heteroatoms. The van der Waals surface area contributed by atoms with Gasteiger partial charge in [0.2, 0.25) is 0 Å². The molecule has 3 nitrogen and oxygen atoms in total. The average molecular weight is 277 g/mol. The van der Waals surface area contributed by atoms with E-state index in [0.29, 0.717) is 11.8 Å². The van der Waals surface area contributed by atoms with Gasteiger partial charge in [-0.15, -0.1) is 0 Å². The van der Waals surface area contributed by atoms with Crippen LogP contribution in [0, 0.1) is 18.8 Å². The number of anilines is 1. The van der Waals surface area contributed by atoms with Crippen molar-refractivity contribution < 1.29 is 0 Å². The molecule has 1 unspecified atom stereocenters. The number of hydrogen-bond acceptors (Lipinski definition) is 3. The van der Waals surface area contributed by atoms with Crippen LogP contribution in [0.3, 0.4) is 0 Å². The molecule has 0 aliphatic heterocycles. The Bertz CT molecular complexity index is 401. The van der Waals surface area contributed by atoms with E-state index in [1.807, 2.05) is 13.1 Å². The van der Waals surface area contributed by atoms with Gasteiger partial charge in [-0.1, -0.05) is 33.8 Å². The monoisotopic (exact) mass is 277 g/mol. The fourth-order valence-corrected chi connectivity index (χ4v) is 2.57. The first-order valence-electron chi connectivity index (χ1n) is 7.75. The van der Waals surface area contributed by atoms with Crippen LogP contribution in [-0.4, -0.2) is 24.1 Å². The highest BCUT2D eigenvalue weighted by atomic mass is 15.2. The lowest BCUT2D eigenvalue weighted by molar-refractivity contribution is 0.548. The van der Waals surface area contributed by atoms with E-state index in [2.05, 4.69) is 45.6 Å². The number of aryl methyl sites for hydroxylation is 1. The summed E-state index contributed by atoms with van der Waals surface area (Å²) in [5.74, 6) is 2.40. The number of rotatable bonds is 7. The van der Waals surface area contributed by atoms with Gasteiger partial charge in [0.1, 0.15) is 5.82 Å². The minimum atomic E-state index is 0.185. The Morgan fingerprint density at radius 3 is 2.05 bits per heavy atom. The summed E-state index contributed by atoms with van der Waals surface area (Å²) >= 11 is 0. The maximum absolute atomic E-state index is 5.87. The highest BCUT2D eigenvalue weighted by Gasteiger charge is 2.14. The first-order chi connectivity index (χ1) is 9.29. The lowest BCUT2D eigenvalue weighted by Crippen LogP contribution is -2.32. The third-order valence-electron chi connectivity index (χ3n) is 3.14. The summed E-state index contributed by atoms with van der Waals surface area (Å²) in [6.07, 6.45) is 2.88. The van der Waals surface area contributed by atoms with Gasteiger partial charge in [-0.05, 0) is 43.2 Å². The van der Waals surface area contributed by atoms with Crippen molar-refractivity contribution in [2.45, 2.75) is 54.0 Å². The van der Waals surface area contributed by atoms with Gasteiger partial charge < -0.3 is 10.6 Å². The lowest BCUT2D eigenvalue weighted by Gasteiger charge is -2.29. The van der Waals surface area contributed by atoms with Crippen LogP contribution in [-0.2, 0) is 6.42 Å². The summed E-state index contributed by atoms with van der Waals surface area (Å²) in [5, 5.41) is 0. The largest absolute Gasteiger partial charge is 0.356 e. The second-order valence-electron chi connectivity index (χ2n) is 6.86. The minimum absolute atomic E-state index is 0.185. The standard InChI is InChI=1S/C17H31N3/c1-12(2)10-20(11-13(3)4)17-14(5)7-16(9-19-17)8-15(6)18/h7,9,12-13,15H,8,10-11,18H2,1-6H3. The molecule has 1 rings (SSSR count). The molecule has 0 bridgehead atoms. The Morgan fingerprint density at radius 1 is 1.10 bits per heavy atom. The molecular formula is C17H31N3. The zero-order valence-corrected chi connectivity index (χ0v) is 14.0. The van der Waals surface area contributed by atoms with E-state index in [4.69, 9.17) is 10.7 Å². The number of hydrogen-bond donors (Lipinski definition) is 1. The van der Waals surface area contributed by atoms with Crippen molar-refractivity contribution in [2.75, 3.05) is 18.0 Å². The van der Waals surface area contributed by atoms with Crippen LogP contribution in [0.25, 0.3) is 0 Å². The molecule has 2 N–H and O–H groups in total. The maximum Gasteiger partial charge on any atom is 0.131 e. The lowest BCUT2D eigenvalue weighted by atomic mass is 10.1. The second-order valence-corrected chi connectivity index (χ2v) is 6.86. The summed E-state index contributed by atoms with van der Waals surface area (Å²) in [5.41, 5.74) is 8.35. The van der Waals surface area contributed by atoms with Gasteiger partial charge in [0.25, 0.3) is 0 Å². The number of nitrogens with zero attached hydrogens (tertiary/aromatic N) is 2. The summed E-state index contributed by atoms with van der Waals surface area (Å²) in [6, 6.07) is 2.42. The van der Waals surface area contributed by atoms with Crippen molar-refractivity contribution in [3.63, 3.8) is 0 Å². The van der Waals surface area contributed by atoms with E-state index >= 15 is 0 Å². The predicted molar refractivity (Wildman–Crippen MR) is 88.2 cm³/mol. The Kier molecular flexibility index (Phi) is 6.47. The zero-order chi connectivity index (χ0) is 15.3. The van der Waals surface area contributed by atoms with E-state index in [1.54, 1.807) is 0 Å². The molecule has 0 amide bonds. The number of nitrogens with two attached hydrogens (primary N) is 1. The summed E-state index contributed by atoms with van der Waals surface area (Å²) in [4.78, 5) is 7.13. The topological polar surface area (TPSA) is 42.1 Å². The van der Waals surface area contributed by atoms with Gasteiger partial charge in [-0.3, -0.25) is 0 Å². The van der Waals surface area contributed by atoms with Crippen LogP contribution < -0.4 is 10.6 Å². The van der Waals surface area contributed by atoms with Crippen LogP contribution in [0.15, 0.2) is 12.3 Å². The Hall–Kier alpha value is -1.09. The molecule has 0 fully saturated rings. The zero-order valence-electron chi connectivity index (χ0n) is 14.0. The quantitative estimate of drug-likeness (QED) is 0.830. The SMILES string of the molecule is Cc1cc(CC(C)N)cnc1N(CC(C)C)CC(C)C. The molecule has 0 saturated heterocycles. The third kappa shape index (κ3) is 5.49. The minimum Gasteiger partial charge on any atom is -0.356 e. The van der Waals surface area contributed by atoms with E-state index in [0.717, 1.165) is 25.3 Å². The van der Waals surface area contributed by atoms with Crippen LogP contribution in [0.2, 0.25) is 0 Å². The molecule has 114 valence electrons. The fourth-order valence-electron chi connectivity index (χ4n) is 2.57. The number of pyridine rings is 1. The van der Waals surface area contributed by atoms with E-state index in [-0.39, 0.29) is 6.04 Å². The first-order valence-corrected chi connectivity index (χ1v) is 7.75. The van der Waals surface area contributed by atoms with Crippen molar-refractivity contribution in [2.24, 2.45) is 17.6 Å². The highest BCUT2D eigenvalue weighted by Crippen LogP contribution is 2.21. The van der Waals surface area contributed by atoms with E-state index in [1.165, 1.54) is 11.1 Å². The molecule has 1 atom stereocenters. The van der Waals surface area contributed by atoms with Gasteiger partial charge in [0.15, 0.2) is 0 Å². The Labute approximate surface area is 124 Å². The Morgan fingerprint density at radius 2 is 1.65 bits per heavy atom. The van der Waals surface area contributed by atoms with Gasteiger partial charge in [-0.2, -0.15) is 0 Å². The maximum atomic E-state index is 5.87. The van der Waals surface area contributed by atoms with Crippen molar-refractivity contribution in [3.05, 3.63) is 23.4 Å². The average Bonchev–Trinajstić information content (AvgIpc) is 2.25. The molecule has 0 saturated carbocycles. The van der Waals surface area contributed by atoms with E-state index in [9.17, 15) is 0 Å². The third-order valence-corrected chi connectivity index (χ3v) is 3.14. The normalized spacial score (nSPS) is 13.1. The first kappa shape index (κ1) is 17.0. The molecule has 1 aromatic rings. The summed E-state index contributed by atoms with van der Waals surface area (Å²) in [7, 11) is 0. The van der Waals surface area contributed by atoms with E-state index < -0.39 is 0 Å². The Balaban J connectivity index is 2.95. The smallest absolute Gasteiger partial charge is 0.131 e. The van der Waals surface area contributed by atoms with Crippen LogP contribution in [0.1, 0.15) is 45.7 Å². The molecule has 0 radical (unpaired) electrons. The number of aromatic nitrogens is 1. The molecule has 0 aromatic carbocycles. The van der Waals surface area contributed by atoms with Gasteiger partial charge >= 0.3 is 0 Å². The summed E-state index contributed by atoms with van der Waals surface area (Å²) in [6.45, 7) is 15.3. The highest BCUT2D eigenvalue weighted by molar-refractivity contribution is 5.47. The molecule has 20 heavy (non-hydrogen) atoms. The summed E-state index contributed by atoms with van der Waals surface area (Å²) < 4.78 is 0. The molecule has 0 aliphatic rings. The molecule has 1 aromatic heterocycles. The van der Waals surface area contributed by atoms with Crippen molar-refractivity contribution in [1.29, 1.82) is 0 Å². The van der Waals surface area contributed by atoms with Crippen LogP contribution >= 0.6 is 0 Å². The van der Waals surface area contributed by atoms with Crippen LogP contribution in [0.5, 0.6) is 0 Å². The predicted octanol–water partition coefficient (Wildman–Crippen LogP) is 3.40. The van der Waals surface area contributed by atoms with Gasteiger partial charge in [-0.25, -0.2) is 4.98 Å².